The van der Waals surface area contributed by atoms with Gasteiger partial charge in [0.2, 0.25) is 5.91 Å². The van der Waals surface area contributed by atoms with E-state index >= 15 is 0 Å². The average Bonchev–Trinajstić information content (AvgIpc) is 3.50. The number of thiophene rings is 1. The van der Waals surface area contributed by atoms with Crippen molar-refractivity contribution in [2.45, 2.75) is 25.7 Å². The minimum Gasteiger partial charge on any atom is -0.370 e. The number of carbonyl (C=O) groups excluding carboxylic acids is 3. The zero-order valence-electron chi connectivity index (χ0n) is 18.4. The normalized spacial score (nSPS) is 10.9. The van der Waals surface area contributed by atoms with E-state index in [9.17, 15) is 19.2 Å². The lowest BCUT2D eigenvalue weighted by atomic mass is 10.0. The van der Waals surface area contributed by atoms with E-state index in [0.29, 0.717) is 32.7 Å². The zero-order chi connectivity index (χ0) is 24.9. The van der Waals surface area contributed by atoms with E-state index < -0.39 is 5.91 Å². The summed E-state index contributed by atoms with van der Waals surface area (Å²) in [5, 5.41) is 8.25. The van der Waals surface area contributed by atoms with Crippen LogP contribution in [0.1, 0.15) is 45.0 Å². The predicted octanol–water partition coefficient (Wildman–Crippen LogP) is 3.40. The SMILES string of the molecule is NC(=O)CCC(=O)c1cc(-n2ccccc2=O)ccc1-n1cc(CCC(=O)c2ccc(Cl)s2)nn1. The van der Waals surface area contributed by atoms with Crippen molar-refractivity contribution in [3.8, 4) is 11.4 Å². The molecule has 11 heteroatoms. The Morgan fingerprint density at radius 3 is 2.54 bits per heavy atom. The van der Waals surface area contributed by atoms with Crippen LogP contribution < -0.4 is 11.3 Å². The van der Waals surface area contributed by atoms with Gasteiger partial charge in [-0.2, -0.15) is 0 Å². The van der Waals surface area contributed by atoms with Crippen molar-refractivity contribution >= 4 is 40.4 Å². The van der Waals surface area contributed by atoms with E-state index in [1.165, 1.54) is 26.7 Å². The maximum Gasteiger partial charge on any atom is 0.255 e. The van der Waals surface area contributed by atoms with Gasteiger partial charge < -0.3 is 5.73 Å². The van der Waals surface area contributed by atoms with Crippen molar-refractivity contribution in [1.82, 2.24) is 19.6 Å². The first-order chi connectivity index (χ1) is 16.8. The summed E-state index contributed by atoms with van der Waals surface area (Å²) in [6, 6.07) is 13.0. The Morgan fingerprint density at radius 2 is 1.83 bits per heavy atom. The molecule has 2 N–H and O–H groups in total. The molecule has 0 aliphatic carbocycles. The van der Waals surface area contributed by atoms with Crippen LogP contribution in [0, 0.1) is 0 Å². The van der Waals surface area contributed by atoms with Crippen LogP contribution in [0.15, 0.2) is 65.7 Å². The highest BCUT2D eigenvalue weighted by molar-refractivity contribution is 7.18. The Balaban J connectivity index is 1.61. The molecule has 1 aromatic carbocycles. The summed E-state index contributed by atoms with van der Waals surface area (Å²) in [5.74, 6) is -0.960. The molecule has 0 bridgehead atoms. The number of halogens is 1. The molecule has 0 aliphatic heterocycles. The van der Waals surface area contributed by atoms with Gasteiger partial charge in [-0.1, -0.05) is 22.9 Å². The number of ketones is 2. The second kappa shape index (κ2) is 10.6. The van der Waals surface area contributed by atoms with Gasteiger partial charge in [0, 0.05) is 49.2 Å². The molecule has 0 spiro atoms. The lowest BCUT2D eigenvalue weighted by molar-refractivity contribution is -0.118. The molecule has 0 saturated carbocycles. The van der Waals surface area contributed by atoms with Crippen LogP contribution >= 0.6 is 22.9 Å². The first-order valence-electron chi connectivity index (χ1n) is 10.7. The minimum absolute atomic E-state index is 0.0450. The number of benzene rings is 1. The molecule has 9 nitrogen and oxygen atoms in total. The number of aryl methyl sites for hydroxylation is 1. The number of amides is 1. The van der Waals surface area contributed by atoms with E-state index in [4.69, 9.17) is 17.3 Å². The van der Waals surface area contributed by atoms with Gasteiger partial charge in [-0.05, 0) is 36.4 Å². The molecule has 0 atom stereocenters. The number of nitrogens with zero attached hydrogens (tertiary/aromatic N) is 4. The zero-order valence-corrected chi connectivity index (χ0v) is 20.0. The fourth-order valence-electron chi connectivity index (χ4n) is 3.47. The van der Waals surface area contributed by atoms with Crippen LogP contribution in [0.4, 0.5) is 0 Å². The fourth-order valence-corrected chi connectivity index (χ4v) is 4.48. The van der Waals surface area contributed by atoms with Gasteiger partial charge in [0.1, 0.15) is 0 Å². The molecule has 178 valence electrons. The first kappa shape index (κ1) is 24.2. The second-order valence-electron chi connectivity index (χ2n) is 7.68. The molecule has 0 aliphatic rings. The van der Waals surface area contributed by atoms with Gasteiger partial charge >= 0.3 is 0 Å². The summed E-state index contributed by atoms with van der Waals surface area (Å²) in [7, 11) is 0. The number of rotatable bonds is 10. The van der Waals surface area contributed by atoms with Gasteiger partial charge in [-0.25, -0.2) is 4.68 Å². The quantitative estimate of drug-likeness (QED) is 0.326. The summed E-state index contributed by atoms with van der Waals surface area (Å²) >= 11 is 7.13. The van der Waals surface area contributed by atoms with Crippen LogP contribution in [-0.2, 0) is 11.2 Å². The van der Waals surface area contributed by atoms with Crippen LogP contribution in [0.25, 0.3) is 11.4 Å². The van der Waals surface area contributed by atoms with Crippen molar-refractivity contribution in [3.63, 3.8) is 0 Å². The molecular weight excluding hydrogens is 490 g/mol. The summed E-state index contributed by atoms with van der Waals surface area (Å²) in [4.78, 5) is 49.4. The standard InChI is InChI=1S/C24H20ClN5O4S/c25-22-10-9-21(35-22)20(32)7-4-15-14-30(28-27-15)18-6-5-16(29-12-2-1-3-24(29)34)13-17(18)19(31)8-11-23(26)33/h1-3,5-6,9-10,12-14H,4,7-8,11H2,(H2,26,33). The van der Waals surface area contributed by atoms with E-state index in [1.54, 1.807) is 54.9 Å². The molecule has 0 fully saturated rings. The summed E-state index contributed by atoms with van der Waals surface area (Å²) in [6.07, 6.45) is 3.64. The molecular formula is C24H20ClN5O4S. The van der Waals surface area contributed by atoms with Crippen LogP contribution in [0.5, 0.6) is 0 Å². The van der Waals surface area contributed by atoms with Crippen molar-refractivity contribution < 1.29 is 14.4 Å². The number of pyridine rings is 1. The van der Waals surface area contributed by atoms with Crippen molar-refractivity contribution in [2.75, 3.05) is 0 Å². The maximum atomic E-state index is 13.0. The molecule has 3 aromatic heterocycles. The lowest BCUT2D eigenvalue weighted by Gasteiger charge is -2.12. The van der Waals surface area contributed by atoms with Crippen LogP contribution in [0.2, 0.25) is 4.34 Å². The third kappa shape index (κ3) is 5.79. The molecule has 0 saturated heterocycles. The molecule has 1 amide bonds. The molecule has 3 heterocycles. The topological polar surface area (TPSA) is 130 Å². The summed E-state index contributed by atoms with van der Waals surface area (Å²) in [5.41, 5.74) is 6.72. The number of nitrogens with two attached hydrogens (primary N) is 1. The first-order valence-corrected chi connectivity index (χ1v) is 11.8. The smallest absolute Gasteiger partial charge is 0.255 e. The van der Waals surface area contributed by atoms with Gasteiger partial charge in [0.25, 0.3) is 5.56 Å². The number of carbonyl (C=O) groups is 3. The summed E-state index contributed by atoms with van der Waals surface area (Å²) < 4.78 is 3.40. The number of hydrogen-bond acceptors (Lipinski definition) is 7. The fraction of sp³-hybridized carbons (Fsp3) is 0.167. The molecule has 35 heavy (non-hydrogen) atoms. The summed E-state index contributed by atoms with van der Waals surface area (Å²) in [6.45, 7) is 0. The minimum atomic E-state index is -0.588. The Labute approximate surface area is 208 Å². The monoisotopic (exact) mass is 509 g/mol. The largest absolute Gasteiger partial charge is 0.370 e. The van der Waals surface area contributed by atoms with E-state index in [2.05, 4.69) is 10.3 Å². The lowest BCUT2D eigenvalue weighted by Crippen LogP contribution is -2.17. The highest BCUT2D eigenvalue weighted by atomic mass is 35.5. The number of hydrogen-bond donors (Lipinski definition) is 1. The molecule has 4 rings (SSSR count). The van der Waals surface area contributed by atoms with E-state index in [1.807, 2.05) is 0 Å². The molecule has 0 unspecified atom stereocenters. The third-order valence-electron chi connectivity index (χ3n) is 5.22. The highest BCUT2D eigenvalue weighted by Crippen LogP contribution is 2.24. The van der Waals surface area contributed by atoms with Crippen molar-refractivity contribution in [1.29, 1.82) is 0 Å². The van der Waals surface area contributed by atoms with Gasteiger partial charge in [0.15, 0.2) is 11.6 Å². The van der Waals surface area contributed by atoms with E-state index in [0.717, 1.165) is 0 Å². The van der Waals surface area contributed by atoms with E-state index in [-0.39, 0.29) is 42.0 Å². The highest BCUT2D eigenvalue weighted by Gasteiger charge is 2.18. The Hall–Kier alpha value is -3.89. The number of Topliss-reactive ketones (excluding diaryl/α,β-unsaturated/α-hetero) is 2. The van der Waals surface area contributed by atoms with Gasteiger partial charge in [0.05, 0.1) is 26.8 Å². The average molecular weight is 510 g/mol. The second-order valence-corrected chi connectivity index (χ2v) is 9.40. The Morgan fingerprint density at radius 1 is 1.00 bits per heavy atom. The Bertz CT molecular complexity index is 1470. The molecule has 4 aromatic rings. The van der Waals surface area contributed by atoms with Crippen LogP contribution in [-0.4, -0.2) is 37.0 Å². The maximum absolute atomic E-state index is 13.0. The van der Waals surface area contributed by atoms with Gasteiger partial charge in [-0.15, -0.1) is 16.4 Å². The third-order valence-corrected chi connectivity index (χ3v) is 6.50. The van der Waals surface area contributed by atoms with Crippen molar-refractivity contribution in [2.24, 2.45) is 5.73 Å². The van der Waals surface area contributed by atoms with Crippen LogP contribution in [0.3, 0.4) is 0 Å². The molecule has 0 radical (unpaired) electrons. The van der Waals surface area contributed by atoms with Crippen molar-refractivity contribution in [3.05, 3.63) is 91.7 Å². The Kier molecular flexibility index (Phi) is 7.33. The van der Waals surface area contributed by atoms with Gasteiger partial charge in [-0.3, -0.25) is 23.7 Å². The number of primary amides is 1. The number of aromatic nitrogens is 4. The predicted molar refractivity (Wildman–Crippen MR) is 132 cm³/mol.